The van der Waals surface area contributed by atoms with Gasteiger partial charge in [-0.25, -0.2) is 22.7 Å². The molecule has 232 valence electrons. The van der Waals surface area contributed by atoms with Crippen LogP contribution in [-0.2, 0) is 21.2 Å². The van der Waals surface area contributed by atoms with E-state index in [1.54, 1.807) is 30.6 Å². The van der Waals surface area contributed by atoms with Gasteiger partial charge in [0.05, 0.1) is 25.3 Å². The molecule has 0 fully saturated rings. The number of fused-ring (bicyclic) bond motifs is 1. The van der Waals surface area contributed by atoms with Crippen molar-refractivity contribution in [3.8, 4) is 11.5 Å². The maximum absolute atomic E-state index is 13.8. The van der Waals surface area contributed by atoms with E-state index in [9.17, 15) is 13.2 Å². The van der Waals surface area contributed by atoms with E-state index >= 15 is 0 Å². The van der Waals surface area contributed by atoms with Crippen molar-refractivity contribution in [3.63, 3.8) is 0 Å². The zero-order valence-electron chi connectivity index (χ0n) is 25.2. The Morgan fingerprint density at radius 3 is 2.44 bits per heavy atom. The lowest BCUT2D eigenvalue weighted by atomic mass is 9.93. The molecule has 1 aliphatic heterocycles. The van der Waals surface area contributed by atoms with Gasteiger partial charge in [-0.2, -0.15) is 10.1 Å². The van der Waals surface area contributed by atoms with Crippen molar-refractivity contribution >= 4 is 40.0 Å². The summed E-state index contributed by atoms with van der Waals surface area (Å²) >= 11 is 0. The van der Waals surface area contributed by atoms with Crippen LogP contribution in [0.5, 0.6) is 11.5 Å². The number of benzene rings is 3. The van der Waals surface area contributed by atoms with Crippen molar-refractivity contribution in [1.29, 1.82) is 0 Å². The Kier molecular flexibility index (Phi) is 8.84. The van der Waals surface area contributed by atoms with Gasteiger partial charge in [-0.15, -0.1) is 0 Å². The van der Waals surface area contributed by atoms with Crippen molar-refractivity contribution < 1.29 is 22.7 Å². The number of hydrogen-bond acceptors (Lipinski definition) is 10. The maximum Gasteiger partial charge on any atom is 0.267 e. The molecule has 1 atom stereocenters. The van der Waals surface area contributed by atoms with Gasteiger partial charge in [-0.05, 0) is 47.0 Å². The highest BCUT2D eigenvalue weighted by Gasteiger charge is 2.30. The van der Waals surface area contributed by atoms with Gasteiger partial charge < -0.3 is 20.9 Å². The number of hydrazone groups is 1. The quantitative estimate of drug-likeness (QED) is 0.264. The molecular formula is C32H33N7O5S. The lowest BCUT2D eigenvalue weighted by Gasteiger charge is -2.31. The van der Waals surface area contributed by atoms with Gasteiger partial charge in [0.1, 0.15) is 11.9 Å². The van der Waals surface area contributed by atoms with Crippen LogP contribution in [-0.4, -0.2) is 68.1 Å². The Balaban J connectivity index is 1.50. The molecule has 13 heteroatoms. The van der Waals surface area contributed by atoms with Crippen LogP contribution in [0.15, 0.2) is 82.9 Å². The molecule has 0 aliphatic carbocycles. The third kappa shape index (κ3) is 6.35. The van der Waals surface area contributed by atoms with Crippen LogP contribution in [0.25, 0.3) is 6.08 Å². The van der Waals surface area contributed by atoms with Crippen LogP contribution in [0.3, 0.4) is 0 Å². The van der Waals surface area contributed by atoms with Gasteiger partial charge in [0.15, 0.2) is 11.5 Å². The number of carbonyl (C=O) groups is 1. The number of amides is 1. The van der Waals surface area contributed by atoms with E-state index in [0.29, 0.717) is 34.6 Å². The molecule has 5 rings (SSSR count). The Labute approximate surface area is 261 Å². The first-order valence-electron chi connectivity index (χ1n) is 13.8. The molecule has 1 aromatic heterocycles. The van der Waals surface area contributed by atoms with Crippen molar-refractivity contribution in [2.45, 2.75) is 17.4 Å². The molecule has 3 aromatic carbocycles. The molecule has 1 amide bonds. The summed E-state index contributed by atoms with van der Waals surface area (Å²) in [5.41, 5.74) is 16.2. The monoisotopic (exact) mass is 627 g/mol. The third-order valence-electron chi connectivity index (χ3n) is 7.34. The summed E-state index contributed by atoms with van der Waals surface area (Å²) in [6.45, 7) is 0. The van der Waals surface area contributed by atoms with Crippen molar-refractivity contribution in [1.82, 2.24) is 19.3 Å². The van der Waals surface area contributed by atoms with Crippen LogP contribution >= 0.6 is 0 Å². The summed E-state index contributed by atoms with van der Waals surface area (Å²) in [4.78, 5) is 22.0. The number of hydrogen-bond donors (Lipinski definition) is 2. The van der Waals surface area contributed by atoms with Gasteiger partial charge in [-0.1, -0.05) is 36.4 Å². The van der Waals surface area contributed by atoms with Crippen molar-refractivity contribution in [3.05, 3.63) is 106 Å². The van der Waals surface area contributed by atoms with Crippen LogP contribution in [0.2, 0.25) is 0 Å². The van der Waals surface area contributed by atoms with Gasteiger partial charge in [0, 0.05) is 49.5 Å². The SMILES string of the molecule is COc1cc(Cc2cnc(N)nc2N)cc(C=CC(=O)N2N=Cc3ccccc3C2c2ccc(S(=O)(=O)N(C)C)cc2)c1OC. The second-order valence-corrected chi connectivity index (χ2v) is 12.5. The smallest absolute Gasteiger partial charge is 0.267 e. The molecule has 0 bridgehead atoms. The molecule has 4 N–H and O–H groups in total. The highest BCUT2D eigenvalue weighted by atomic mass is 32.2. The fourth-order valence-corrected chi connectivity index (χ4v) is 5.95. The number of anilines is 2. The number of aromatic nitrogens is 2. The molecule has 1 aliphatic rings. The number of nitrogens with two attached hydrogens (primary N) is 2. The first kappa shape index (κ1) is 31.2. The molecule has 4 aromatic rings. The molecule has 0 saturated heterocycles. The number of ether oxygens (including phenoxy) is 2. The van der Waals surface area contributed by atoms with E-state index in [1.807, 2.05) is 36.4 Å². The van der Waals surface area contributed by atoms with E-state index in [1.165, 1.54) is 51.5 Å². The van der Waals surface area contributed by atoms with Gasteiger partial charge >= 0.3 is 0 Å². The lowest BCUT2D eigenvalue weighted by molar-refractivity contribution is -0.127. The minimum absolute atomic E-state index is 0.0848. The lowest BCUT2D eigenvalue weighted by Crippen LogP contribution is -2.33. The molecule has 0 radical (unpaired) electrons. The summed E-state index contributed by atoms with van der Waals surface area (Å²) in [6, 6.07) is 17.2. The van der Waals surface area contributed by atoms with Crippen LogP contribution in [0.1, 0.15) is 39.4 Å². The zero-order chi connectivity index (χ0) is 32.3. The van der Waals surface area contributed by atoms with Gasteiger partial charge in [0.2, 0.25) is 16.0 Å². The van der Waals surface area contributed by atoms with Gasteiger partial charge in [-0.3, -0.25) is 4.79 Å². The molecule has 45 heavy (non-hydrogen) atoms. The second kappa shape index (κ2) is 12.8. The molecule has 12 nitrogen and oxygen atoms in total. The number of rotatable bonds is 9. The Hall–Kier alpha value is -5.27. The number of nitrogen functional groups attached to an aromatic ring is 2. The first-order valence-corrected chi connectivity index (χ1v) is 15.3. The third-order valence-corrected chi connectivity index (χ3v) is 9.17. The summed E-state index contributed by atoms with van der Waals surface area (Å²) in [6.07, 6.45) is 6.63. The Bertz CT molecular complexity index is 1910. The van der Waals surface area contributed by atoms with E-state index < -0.39 is 22.0 Å². The molecular weight excluding hydrogens is 594 g/mol. The number of carbonyl (C=O) groups excluding carboxylic acids is 1. The normalized spacial score (nSPS) is 14.5. The number of nitrogens with zero attached hydrogens (tertiary/aromatic N) is 5. The van der Waals surface area contributed by atoms with Crippen LogP contribution in [0, 0.1) is 0 Å². The van der Waals surface area contributed by atoms with Crippen LogP contribution in [0.4, 0.5) is 11.8 Å². The Morgan fingerprint density at radius 1 is 1.04 bits per heavy atom. The van der Waals surface area contributed by atoms with E-state index in [4.69, 9.17) is 20.9 Å². The standard InChI is InChI=1S/C32H33N7O5S/c1-38(2)45(41,42)25-12-9-21(10-13-25)29-26-8-6-5-7-23(26)19-36-39(29)28(40)14-11-22-15-20(17-27(43-3)30(22)44-4)16-24-18-35-32(34)37-31(24)33/h5-15,17-19,29H,16H2,1-4H3,(H4,33,34,35,37). The van der Waals surface area contributed by atoms with Gasteiger partial charge in [0.25, 0.3) is 5.91 Å². The molecule has 2 heterocycles. The summed E-state index contributed by atoms with van der Waals surface area (Å²) < 4.78 is 37.7. The predicted octanol–water partition coefficient (Wildman–Crippen LogP) is 3.48. The minimum Gasteiger partial charge on any atom is -0.493 e. The average molecular weight is 628 g/mol. The van der Waals surface area contributed by atoms with E-state index in [2.05, 4.69) is 15.1 Å². The van der Waals surface area contributed by atoms with E-state index in [-0.39, 0.29) is 16.7 Å². The highest BCUT2D eigenvalue weighted by molar-refractivity contribution is 7.89. The van der Waals surface area contributed by atoms with Crippen molar-refractivity contribution in [2.75, 3.05) is 39.8 Å². The van der Waals surface area contributed by atoms with E-state index in [0.717, 1.165) is 21.0 Å². The first-order chi connectivity index (χ1) is 21.5. The molecule has 0 saturated carbocycles. The van der Waals surface area contributed by atoms with Crippen molar-refractivity contribution in [2.24, 2.45) is 5.10 Å². The largest absolute Gasteiger partial charge is 0.493 e. The number of sulfonamides is 1. The molecule has 1 unspecified atom stereocenters. The Morgan fingerprint density at radius 2 is 1.78 bits per heavy atom. The summed E-state index contributed by atoms with van der Waals surface area (Å²) in [7, 11) is 2.38. The average Bonchev–Trinajstić information content (AvgIpc) is 3.04. The topological polar surface area (TPSA) is 166 Å². The fraction of sp³-hybridized carbons (Fsp3) is 0.188. The minimum atomic E-state index is -3.62. The fourth-order valence-electron chi connectivity index (χ4n) is 5.04. The molecule has 0 spiro atoms. The highest BCUT2D eigenvalue weighted by Crippen LogP contribution is 2.37. The summed E-state index contributed by atoms with van der Waals surface area (Å²) in [5, 5.41) is 5.86. The second-order valence-electron chi connectivity index (χ2n) is 10.4. The summed E-state index contributed by atoms with van der Waals surface area (Å²) in [5.74, 6) is 0.854. The van der Waals surface area contributed by atoms with Crippen LogP contribution < -0.4 is 20.9 Å². The zero-order valence-corrected chi connectivity index (χ0v) is 26.0. The predicted molar refractivity (Wildman–Crippen MR) is 172 cm³/mol. The maximum atomic E-state index is 13.8. The number of methoxy groups -OCH3 is 2.